The molecule has 0 saturated heterocycles. The summed E-state index contributed by atoms with van der Waals surface area (Å²) in [6.45, 7) is 5.60. The summed E-state index contributed by atoms with van der Waals surface area (Å²) in [4.78, 5) is 10.7. The fourth-order valence-corrected chi connectivity index (χ4v) is 1.04. The van der Waals surface area contributed by atoms with Gasteiger partial charge in [-0.25, -0.2) is 0 Å². The molecule has 15 heavy (non-hydrogen) atoms. The monoisotopic (exact) mass is 202 g/mol. The summed E-state index contributed by atoms with van der Waals surface area (Å²) in [7, 11) is 0. The van der Waals surface area contributed by atoms with Gasteiger partial charge in [-0.15, -0.1) is 0 Å². The van der Waals surface area contributed by atoms with E-state index < -0.39 is 0 Å². The molecule has 0 N–H and O–H groups in total. The molecule has 78 valence electrons. The minimum Gasteiger partial charge on any atom is -0.490 e. The molecule has 0 aliphatic heterocycles. The Morgan fingerprint density at radius 3 is 2.60 bits per heavy atom. The highest BCUT2D eigenvalue weighted by atomic mass is 16.5. The first-order valence-corrected chi connectivity index (χ1v) is 4.75. The smallest absolute Gasteiger partial charge is 0.152 e. The Bertz CT molecular complexity index is 361. The molecule has 1 rings (SSSR count). The van der Waals surface area contributed by atoms with Crippen LogP contribution in [0.25, 0.3) is 6.08 Å². The molecule has 0 aliphatic carbocycles. The normalized spacial score (nSPS) is 10.2. The molecule has 0 amide bonds. The topological polar surface area (TPSA) is 26.3 Å². The van der Waals surface area contributed by atoms with Crippen LogP contribution in [-0.4, -0.2) is 12.4 Å². The van der Waals surface area contributed by atoms with Crippen molar-refractivity contribution in [3.8, 4) is 5.75 Å². The molecule has 0 heterocycles. The number of carbonyl (C=O) groups is 1. The van der Waals surface area contributed by atoms with Gasteiger partial charge in [0.2, 0.25) is 0 Å². The van der Waals surface area contributed by atoms with Crippen molar-refractivity contribution in [2.24, 2.45) is 0 Å². The van der Waals surface area contributed by atoms with Crippen molar-refractivity contribution in [1.29, 1.82) is 0 Å². The molecule has 2 heteroatoms. The van der Waals surface area contributed by atoms with Crippen molar-refractivity contribution >= 4 is 11.9 Å². The Labute approximate surface area is 89.9 Å². The molecule has 0 radical (unpaired) electrons. The van der Waals surface area contributed by atoms with Crippen molar-refractivity contribution in [2.75, 3.05) is 6.61 Å². The average Bonchev–Trinajstić information content (AvgIpc) is 2.25. The molecule has 1 aromatic rings. The van der Waals surface area contributed by atoms with E-state index in [0.29, 0.717) is 6.61 Å². The number of carbonyl (C=O) groups excluding carboxylic acids is 1. The minimum absolute atomic E-state index is 0.0435. The summed E-state index contributed by atoms with van der Waals surface area (Å²) in [5.41, 5.74) is 0.983. The van der Waals surface area contributed by atoms with Crippen LogP contribution >= 0.6 is 0 Å². The molecule has 0 unspecified atom stereocenters. The van der Waals surface area contributed by atoms with Crippen LogP contribution in [0.5, 0.6) is 5.75 Å². The van der Waals surface area contributed by atoms with E-state index >= 15 is 0 Å². The van der Waals surface area contributed by atoms with Gasteiger partial charge in [0.1, 0.15) is 12.4 Å². The largest absolute Gasteiger partial charge is 0.490 e. The second-order valence-electron chi connectivity index (χ2n) is 3.11. The van der Waals surface area contributed by atoms with Gasteiger partial charge in [0.15, 0.2) is 5.78 Å². The molecular weight excluding hydrogens is 188 g/mol. The van der Waals surface area contributed by atoms with Crippen LogP contribution in [0.15, 0.2) is 43.0 Å². The van der Waals surface area contributed by atoms with Gasteiger partial charge < -0.3 is 4.74 Å². The summed E-state index contributed by atoms with van der Waals surface area (Å²) in [6, 6.07) is 7.53. The lowest BCUT2D eigenvalue weighted by atomic mass is 10.2. The Balaban J connectivity index is 2.63. The number of benzene rings is 1. The molecule has 0 bridgehead atoms. The van der Waals surface area contributed by atoms with Crippen molar-refractivity contribution in [3.63, 3.8) is 0 Å². The van der Waals surface area contributed by atoms with Crippen LogP contribution in [0.3, 0.4) is 0 Å². The Hall–Kier alpha value is -1.83. The van der Waals surface area contributed by atoms with E-state index in [1.54, 1.807) is 18.2 Å². The maximum Gasteiger partial charge on any atom is 0.152 e. The predicted octanol–water partition coefficient (Wildman–Crippen LogP) is 2.85. The Morgan fingerprint density at radius 1 is 1.40 bits per heavy atom. The predicted molar refractivity (Wildman–Crippen MR) is 61.8 cm³/mol. The third-order valence-corrected chi connectivity index (χ3v) is 1.76. The highest BCUT2D eigenvalue weighted by molar-refractivity contribution is 5.91. The zero-order chi connectivity index (χ0) is 11.1. The van der Waals surface area contributed by atoms with Gasteiger partial charge in [-0.05, 0) is 30.7 Å². The molecule has 0 aromatic heterocycles. The number of rotatable bonds is 5. The lowest BCUT2D eigenvalue weighted by Gasteiger charge is -2.02. The lowest BCUT2D eigenvalue weighted by Crippen LogP contribution is -1.91. The van der Waals surface area contributed by atoms with Crippen molar-refractivity contribution in [2.45, 2.75) is 6.92 Å². The molecule has 0 atom stereocenters. The van der Waals surface area contributed by atoms with E-state index in [1.165, 1.54) is 6.92 Å². The van der Waals surface area contributed by atoms with Crippen LogP contribution in [0, 0.1) is 0 Å². The van der Waals surface area contributed by atoms with Gasteiger partial charge in [-0.3, -0.25) is 4.79 Å². The number of hydrogen-bond acceptors (Lipinski definition) is 2. The summed E-state index contributed by atoms with van der Waals surface area (Å²) in [6.07, 6.45) is 5.02. The Kier molecular flexibility index (Phi) is 4.35. The first-order chi connectivity index (χ1) is 7.22. The fourth-order valence-electron chi connectivity index (χ4n) is 1.04. The van der Waals surface area contributed by atoms with E-state index in [1.807, 2.05) is 24.3 Å². The lowest BCUT2D eigenvalue weighted by molar-refractivity contribution is -0.112. The second-order valence-corrected chi connectivity index (χ2v) is 3.11. The molecule has 0 spiro atoms. The summed E-state index contributed by atoms with van der Waals surface area (Å²) < 4.78 is 5.33. The van der Waals surface area contributed by atoms with Gasteiger partial charge >= 0.3 is 0 Å². The third-order valence-electron chi connectivity index (χ3n) is 1.76. The van der Waals surface area contributed by atoms with Crippen molar-refractivity contribution in [3.05, 3.63) is 48.6 Å². The highest BCUT2D eigenvalue weighted by Crippen LogP contribution is 2.13. The van der Waals surface area contributed by atoms with Crippen molar-refractivity contribution in [1.82, 2.24) is 0 Å². The van der Waals surface area contributed by atoms with Gasteiger partial charge in [0.25, 0.3) is 0 Å². The summed E-state index contributed by atoms with van der Waals surface area (Å²) >= 11 is 0. The zero-order valence-electron chi connectivity index (χ0n) is 8.77. The molecule has 0 fully saturated rings. The van der Waals surface area contributed by atoms with E-state index in [4.69, 9.17) is 4.74 Å². The molecule has 1 aromatic carbocycles. The average molecular weight is 202 g/mol. The second kappa shape index (κ2) is 5.81. The van der Waals surface area contributed by atoms with Crippen molar-refractivity contribution < 1.29 is 9.53 Å². The Morgan fingerprint density at radius 2 is 2.07 bits per heavy atom. The van der Waals surface area contributed by atoms with Gasteiger partial charge in [-0.1, -0.05) is 30.9 Å². The van der Waals surface area contributed by atoms with Crippen LogP contribution in [0.1, 0.15) is 12.5 Å². The molecule has 2 nitrogen and oxygen atoms in total. The van der Waals surface area contributed by atoms with Crippen LogP contribution in [-0.2, 0) is 4.79 Å². The van der Waals surface area contributed by atoms with E-state index in [-0.39, 0.29) is 5.78 Å². The molecule has 0 saturated carbocycles. The van der Waals surface area contributed by atoms with Gasteiger partial charge in [0.05, 0.1) is 0 Å². The SMILES string of the molecule is C=CCOc1ccc(C=CC(C)=O)cc1. The number of ether oxygens (including phenoxy) is 1. The zero-order valence-corrected chi connectivity index (χ0v) is 8.77. The first-order valence-electron chi connectivity index (χ1n) is 4.75. The number of ketones is 1. The number of hydrogen-bond donors (Lipinski definition) is 0. The van der Waals surface area contributed by atoms with E-state index in [2.05, 4.69) is 6.58 Å². The van der Waals surface area contributed by atoms with Crippen LogP contribution in [0.2, 0.25) is 0 Å². The van der Waals surface area contributed by atoms with E-state index in [0.717, 1.165) is 11.3 Å². The first kappa shape index (κ1) is 11.2. The quantitative estimate of drug-likeness (QED) is 0.542. The third kappa shape index (κ3) is 4.27. The van der Waals surface area contributed by atoms with Gasteiger partial charge in [-0.2, -0.15) is 0 Å². The summed E-state index contributed by atoms with van der Waals surface area (Å²) in [5, 5.41) is 0. The number of allylic oxidation sites excluding steroid dienone is 1. The van der Waals surface area contributed by atoms with Gasteiger partial charge in [0, 0.05) is 0 Å². The minimum atomic E-state index is 0.0435. The summed E-state index contributed by atoms with van der Waals surface area (Å²) in [5.74, 6) is 0.844. The molecular formula is C13H14O2. The standard InChI is InChI=1S/C13H14O2/c1-3-10-15-13-8-6-12(7-9-13)5-4-11(2)14/h3-9H,1,10H2,2H3. The van der Waals surface area contributed by atoms with E-state index in [9.17, 15) is 4.79 Å². The maximum atomic E-state index is 10.7. The fraction of sp³-hybridized carbons (Fsp3) is 0.154. The molecule has 0 aliphatic rings. The highest BCUT2D eigenvalue weighted by Gasteiger charge is 1.92. The maximum absolute atomic E-state index is 10.7. The van der Waals surface area contributed by atoms with Crippen LogP contribution < -0.4 is 4.74 Å². The van der Waals surface area contributed by atoms with Crippen LogP contribution in [0.4, 0.5) is 0 Å².